The molecule has 0 bridgehead atoms. The lowest BCUT2D eigenvalue weighted by molar-refractivity contribution is 0.0650. The first-order valence-electron chi connectivity index (χ1n) is 6.34. The Kier molecular flexibility index (Phi) is 2.98. The zero-order valence-electron chi connectivity index (χ0n) is 11.7. The predicted octanol–water partition coefficient (Wildman–Crippen LogP) is 1.35. The summed E-state index contributed by atoms with van der Waals surface area (Å²) in [6.45, 7) is 0. The van der Waals surface area contributed by atoms with Gasteiger partial charge in [-0.2, -0.15) is 8.42 Å². The minimum atomic E-state index is -4.53. The highest BCUT2D eigenvalue weighted by Gasteiger charge is 2.33. The summed E-state index contributed by atoms with van der Waals surface area (Å²) >= 11 is 0. The third-order valence-corrected chi connectivity index (χ3v) is 4.60. The predicted molar refractivity (Wildman–Crippen MR) is 79.7 cm³/mol. The molecular weight excluding hydrogens is 308 g/mol. The maximum atomic E-state index is 12.3. The van der Waals surface area contributed by atoms with E-state index in [9.17, 15) is 22.6 Å². The maximum Gasteiger partial charge on any atom is 0.296 e. The van der Waals surface area contributed by atoms with Gasteiger partial charge >= 0.3 is 0 Å². The molecule has 0 aromatic heterocycles. The standard InChI is InChI=1S/C14H12N2O5S/c1-15-12-7-4-3-5-8-11(7)9(6-10(12)22(19,20)21)14(18)16(2)13(8)17/h3-6,15H,1-2H3,(H,19,20,21). The Morgan fingerprint density at radius 2 is 1.77 bits per heavy atom. The molecule has 3 rings (SSSR count). The number of imide groups is 1. The molecule has 0 unspecified atom stereocenters. The second-order valence-corrected chi connectivity index (χ2v) is 6.31. The van der Waals surface area contributed by atoms with Crippen molar-refractivity contribution in [2.75, 3.05) is 19.4 Å². The summed E-state index contributed by atoms with van der Waals surface area (Å²) in [6.07, 6.45) is 0. The summed E-state index contributed by atoms with van der Waals surface area (Å²) in [5.41, 5.74) is 0.528. The number of benzene rings is 2. The van der Waals surface area contributed by atoms with Crippen molar-refractivity contribution in [1.29, 1.82) is 0 Å². The van der Waals surface area contributed by atoms with Crippen LogP contribution in [0.2, 0.25) is 0 Å². The van der Waals surface area contributed by atoms with Crippen LogP contribution in [0.5, 0.6) is 0 Å². The number of anilines is 1. The Morgan fingerprint density at radius 3 is 2.36 bits per heavy atom. The number of rotatable bonds is 2. The third kappa shape index (κ3) is 1.81. The Hall–Kier alpha value is -2.45. The number of nitrogens with one attached hydrogen (secondary N) is 1. The van der Waals surface area contributed by atoms with E-state index in [0.717, 1.165) is 11.0 Å². The Morgan fingerprint density at radius 1 is 1.14 bits per heavy atom. The summed E-state index contributed by atoms with van der Waals surface area (Å²) in [6, 6.07) is 5.86. The number of carbonyl (C=O) groups is 2. The molecule has 114 valence electrons. The Bertz CT molecular complexity index is 949. The van der Waals surface area contributed by atoms with E-state index >= 15 is 0 Å². The lowest BCUT2D eigenvalue weighted by Crippen LogP contribution is -2.37. The summed E-state index contributed by atoms with van der Waals surface area (Å²) in [7, 11) is -1.71. The van der Waals surface area contributed by atoms with E-state index in [1.54, 1.807) is 18.2 Å². The molecule has 7 nitrogen and oxygen atoms in total. The molecule has 2 aromatic rings. The van der Waals surface area contributed by atoms with E-state index in [0.29, 0.717) is 16.3 Å². The molecule has 0 radical (unpaired) electrons. The molecule has 2 amide bonds. The average Bonchev–Trinajstić information content (AvgIpc) is 2.48. The van der Waals surface area contributed by atoms with E-state index < -0.39 is 26.8 Å². The van der Waals surface area contributed by atoms with Crippen LogP contribution in [0.3, 0.4) is 0 Å². The van der Waals surface area contributed by atoms with Crippen LogP contribution >= 0.6 is 0 Å². The molecule has 1 aliphatic heterocycles. The second kappa shape index (κ2) is 4.52. The molecule has 0 atom stereocenters. The fraction of sp³-hybridized carbons (Fsp3) is 0.143. The van der Waals surface area contributed by atoms with Gasteiger partial charge < -0.3 is 5.32 Å². The van der Waals surface area contributed by atoms with E-state index in [1.807, 2.05) is 0 Å². The minimum absolute atomic E-state index is 0.0688. The molecule has 2 aromatic carbocycles. The van der Waals surface area contributed by atoms with E-state index in [4.69, 9.17) is 0 Å². The van der Waals surface area contributed by atoms with Crippen LogP contribution in [0.15, 0.2) is 29.2 Å². The van der Waals surface area contributed by atoms with Gasteiger partial charge in [0, 0.05) is 30.4 Å². The van der Waals surface area contributed by atoms with Crippen LogP contribution in [-0.2, 0) is 10.1 Å². The summed E-state index contributed by atoms with van der Waals surface area (Å²) < 4.78 is 32.6. The number of carbonyl (C=O) groups excluding carboxylic acids is 2. The lowest BCUT2D eigenvalue weighted by Gasteiger charge is -2.25. The van der Waals surface area contributed by atoms with Gasteiger partial charge in [0.2, 0.25) is 0 Å². The molecule has 0 saturated carbocycles. The van der Waals surface area contributed by atoms with Gasteiger partial charge in [-0.1, -0.05) is 12.1 Å². The first-order valence-corrected chi connectivity index (χ1v) is 7.78. The minimum Gasteiger partial charge on any atom is -0.386 e. The monoisotopic (exact) mass is 320 g/mol. The van der Waals surface area contributed by atoms with E-state index in [2.05, 4.69) is 5.32 Å². The normalized spacial score (nSPS) is 14.6. The quantitative estimate of drug-likeness (QED) is 0.639. The largest absolute Gasteiger partial charge is 0.386 e. The van der Waals surface area contributed by atoms with Crippen LogP contribution in [0.25, 0.3) is 10.8 Å². The van der Waals surface area contributed by atoms with Gasteiger partial charge in [0.25, 0.3) is 21.9 Å². The van der Waals surface area contributed by atoms with Crippen molar-refractivity contribution in [2.45, 2.75) is 4.90 Å². The number of hydrogen-bond donors (Lipinski definition) is 2. The highest BCUT2D eigenvalue weighted by atomic mass is 32.2. The van der Waals surface area contributed by atoms with Gasteiger partial charge in [-0.15, -0.1) is 0 Å². The van der Waals surface area contributed by atoms with Gasteiger partial charge in [-0.05, 0) is 12.1 Å². The van der Waals surface area contributed by atoms with Crippen molar-refractivity contribution in [1.82, 2.24) is 4.90 Å². The van der Waals surface area contributed by atoms with Crippen molar-refractivity contribution in [3.8, 4) is 0 Å². The second-order valence-electron chi connectivity index (χ2n) is 4.92. The number of hydrogen-bond acceptors (Lipinski definition) is 5. The average molecular weight is 320 g/mol. The zero-order valence-corrected chi connectivity index (χ0v) is 12.6. The molecule has 8 heteroatoms. The Balaban J connectivity index is 2.58. The fourth-order valence-corrected chi connectivity index (χ4v) is 3.46. The molecule has 0 aliphatic carbocycles. The molecule has 22 heavy (non-hydrogen) atoms. The summed E-state index contributed by atoms with van der Waals surface area (Å²) in [4.78, 5) is 25.0. The van der Waals surface area contributed by atoms with Gasteiger partial charge in [-0.25, -0.2) is 0 Å². The first kappa shape index (κ1) is 14.5. The SMILES string of the molecule is CNc1c(S(=O)(=O)O)cc2c3c(cccc13)C(=O)N(C)C2=O. The molecule has 0 spiro atoms. The summed E-state index contributed by atoms with van der Waals surface area (Å²) in [5.74, 6) is -1.06. The van der Waals surface area contributed by atoms with Crippen molar-refractivity contribution in [3.05, 3.63) is 35.4 Å². The van der Waals surface area contributed by atoms with Crippen LogP contribution < -0.4 is 5.32 Å². The topological polar surface area (TPSA) is 104 Å². The first-order chi connectivity index (χ1) is 10.3. The maximum absolute atomic E-state index is 12.3. The van der Waals surface area contributed by atoms with Gasteiger partial charge in [0.1, 0.15) is 4.90 Å². The van der Waals surface area contributed by atoms with E-state index in [1.165, 1.54) is 14.1 Å². The van der Waals surface area contributed by atoms with Crippen molar-refractivity contribution >= 4 is 38.4 Å². The molecule has 1 heterocycles. The van der Waals surface area contributed by atoms with Gasteiger partial charge in [0.15, 0.2) is 0 Å². The van der Waals surface area contributed by atoms with Crippen LogP contribution in [-0.4, -0.2) is 43.8 Å². The Labute approximate surface area is 126 Å². The number of amides is 2. The molecule has 1 aliphatic rings. The summed E-state index contributed by atoms with van der Waals surface area (Å²) in [5, 5.41) is 3.48. The molecule has 0 fully saturated rings. The van der Waals surface area contributed by atoms with Crippen molar-refractivity contribution in [2.24, 2.45) is 0 Å². The van der Waals surface area contributed by atoms with Gasteiger partial charge in [0.05, 0.1) is 11.3 Å². The highest BCUT2D eigenvalue weighted by molar-refractivity contribution is 7.86. The van der Waals surface area contributed by atoms with Gasteiger partial charge in [-0.3, -0.25) is 19.0 Å². The highest BCUT2D eigenvalue weighted by Crippen LogP contribution is 2.38. The molecular formula is C14H12N2O5S. The van der Waals surface area contributed by atoms with Crippen LogP contribution in [0, 0.1) is 0 Å². The number of nitrogens with zero attached hydrogens (tertiary/aromatic N) is 1. The molecule has 0 saturated heterocycles. The lowest BCUT2D eigenvalue weighted by atomic mass is 9.93. The van der Waals surface area contributed by atoms with Crippen molar-refractivity contribution in [3.63, 3.8) is 0 Å². The molecule has 2 N–H and O–H groups in total. The smallest absolute Gasteiger partial charge is 0.296 e. The van der Waals surface area contributed by atoms with Crippen LogP contribution in [0.4, 0.5) is 5.69 Å². The van der Waals surface area contributed by atoms with E-state index in [-0.39, 0.29) is 11.3 Å². The zero-order chi connectivity index (χ0) is 16.2. The fourth-order valence-electron chi connectivity index (χ4n) is 2.72. The van der Waals surface area contributed by atoms with Crippen molar-refractivity contribution < 1.29 is 22.6 Å². The van der Waals surface area contributed by atoms with Crippen LogP contribution in [0.1, 0.15) is 20.7 Å². The third-order valence-electron chi connectivity index (χ3n) is 3.72.